The summed E-state index contributed by atoms with van der Waals surface area (Å²) < 4.78 is 16.5. The Balaban J connectivity index is 2.66. The number of benzene rings is 1. The van der Waals surface area contributed by atoms with Gasteiger partial charge in [0.25, 0.3) is 0 Å². The Morgan fingerprint density at radius 2 is 2.06 bits per heavy atom. The van der Waals surface area contributed by atoms with Crippen LogP contribution in [0, 0.1) is 0 Å². The van der Waals surface area contributed by atoms with E-state index in [-0.39, 0.29) is 0 Å². The molecule has 1 aromatic carbocycles. The van der Waals surface area contributed by atoms with Gasteiger partial charge in [-0.3, -0.25) is 0 Å². The molecule has 0 amide bonds. The van der Waals surface area contributed by atoms with Gasteiger partial charge in [-0.1, -0.05) is 5.16 Å². The molecule has 2 aromatic rings. The number of halogens is 1. The lowest BCUT2D eigenvalue weighted by molar-refractivity contribution is 0.353. The molecule has 2 rings (SSSR count). The van der Waals surface area contributed by atoms with Gasteiger partial charge >= 0.3 is 0 Å². The van der Waals surface area contributed by atoms with E-state index in [4.69, 9.17) is 19.7 Å². The fourth-order valence-electron chi connectivity index (χ4n) is 1.54. The van der Waals surface area contributed by atoms with Crippen molar-refractivity contribution in [1.29, 1.82) is 0 Å². The molecule has 0 fully saturated rings. The monoisotopic (exact) mass is 298 g/mol. The third-order valence-corrected chi connectivity index (χ3v) is 2.93. The highest BCUT2D eigenvalue weighted by Crippen LogP contribution is 2.43. The molecule has 0 unspecified atom stereocenters. The summed E-state index contributed by atoms with van der Waals surface area (Å²) in [6, 6.07) is 5.27. The van der Waals surface area contributed by atoms with E-state index < -0.39 is 0 Å². The summed E-state index contributed by atoms with van der Waals surface area (Å²) in [5.74, 6) is 2.01. The molecule has 6 heteroatoms. The third kappa shape index (κ3) is 2.08. The Labute approximate surface area is 107 Å². The average molecular weight is 299 g/mol. The number of nitrogens with two attached hydrogens (primary N) is 1. The topological polar surface area (TPSA) is 70.5 Å². The number of ether oxygens (including phenoxy) is 2. The summed E-state index contributed by atoms with van der Waals surface area (Å²) in [6.45, 7) is 0. The van der Waals surface area contributed by atoms with Crippen LogP contribution in [0.4, 0.5) is 5.82 Å². The minimum Gasteiger partial charge on any atom is -0.493 e. The highest BCUT2D eigenvalue weighted by atomic mass is 79.9. The summed E-state index contributed by atoms with van der Waals surface area (Å²) in [4.78, 5) is 0. The van der Waals surface area contributed by atoms with Crippen LogP contribution in [0.25, 0.3) is 11.3 Å². The van der Waals surface area contributed by atoms with Gasteiger partial charge in [-0.15, -0.1) is 0 Å². The predicted octanol–water partition coefficient (Wildman–Crippen LogP) is 2.70. The van der Waals surface area contributed by atoms with E-state index in [1.807, 2.05) is 6.07 Å². The number of hydrogen-bond donors (Lipinski definition) is 1. The highest BCUT2D eigenvalue weighted by molar-refractivity contribution is 9.10. The Hall–Kier alpha value is -1.69. The molecule has 2 N–H and O–H groups in total. The summed E-state index contributed by atoms with van der Waals surface area (Å²) in [5, 5.41) is 3.65. The number of methoxy groups -OCH3 is 2. The maximum Gasteiger partial charge on any atom is 0.174 e. The van der Waals surface area contributed by atoms with Crippen LogP contribution in [0.15, 0.2) is 27.2 Å². The number of aromatic nitrogens is 1. The maximum absolute atomic E-state index is 5.54. The van der Waals surface area contributed by atoms with Gasteiger partial charge in [-0.2, -0.15) is 0 Å². The summed E-state index contributed by atoms with van der Waals surface area (Å²) in [5.41, 5.74) is 6.25. The third-order valence-electron chi connectivity index (χ3n) is 2.27. The van der Waals surface area contributed by atoms with Crippen molar-refractivity contribution in [2.45, 2.75) is 0 Å². The van der Waals surface area contributed by atoms with Crippen molar-refractivity contribution in [3.8, 4) is 22.8 Å². The molecule has 0 aliphatic carbocycles. The fraction of sp³-hybridized carbons (Fsp3) is 0.182. The van der Waals surface area contributed by atoms with Crippen LogP contribution in [0.5, 0.6) is 11.5 Å². The Morgan fingerprint density at radius 3 is 2.59 bits per heavy atom. The molecular formula is C11H11BrN2O3. The van der Waals surface area contributed by atoms with Crippen LogP contribution in [0.1, 0.15) is 0 Å². The maximum atomic E-state index is 5.54. The van der Waals surface area contributed by atoms with Gasteiger partial charge in [-0.05, 0) is 28.1 Å². The van der Waals surface area contributed by atoms with Crippen LogP contribution >= 0.6 is 15.9 Å². The lowest BCUT2D eigenvalue weighted by Gasteiger charge is -2.12. The molecule has 0 spiro atoms. The van der Waals surface area contributed by atoms with Crippen LogP contribution in [0.3, 0.4) is 0 Å². The van der Waals surface area contributed by atoms with E-state index >= 15 is 0 Å². The molecule has 17 heavy (non-hydrogen) atoms. The summed E-state index contributed by atoms with van der Waals surface area (Å²) >= 11 is 3.43. The van der Waals surface area contributed by atoms with Crippen LogP contribution in [-0.2, 0) is 0 Å². The lowest BCUT2D eigenvalue weighted by atomic mass is 10.1. The van der Waals surface area contributed by atoms with Gasteiger partial charge in [0, 0.05) is 10.5 Å². The van der Waals surface area contributed by atoms with Gasteiger partial charge in [0.2, 0.25) is 0 Å². The number of hydrogen-bond acceptors (Lipinski definition) is 5. The summed E-state index contributed by atoms with van der Waals surface area (Å²) in [6.07, 6.45) is 0. The van der Waals surface area contributed by atoms with Crippen molar-refractivity contribution < 1.29 is 14.0 Å². The second-order valence-electron chi connectivity index (χ2n) is 3.27. The standard InChI is InChI=1S/C11H11BrN2O3/c1-15-7-4-3-6(12)10(11(7)16-2)8-5-9(13)14-17-8/h3-5H,1-2H3,(H2,13,14). The second kappa shape index (κ2) is 4.67. The van der Waals surface area contributed by atoms with Crippen molar-refractivity contribution >= 4 is 21.7 Å². The van der Waals surface area contributed by atoms with E-state index in [2.05, 4.69) is 21.1 Å². The van der Waals surface area contributed by atoms with Gasteiger partial charge in [0.15, 0.2) is 23.1 Å². The number of nitrogens with zero attached hydrogens (tertiary/aromatic N) is 1. The Morgan fingerprint density at radius 1 is 1.29 bits per heavy atom. The van der Waals surface area contributed by atoms with E-state index in [1.165, 1.54) is 0 Å². The zero-order chi connectivity index (χ0) is 12.4. The van der Waals surface area contributed by atoms with Crippen molar-refractivity contribution in [2.75, 3.05) is 20.0 Å². The van der Waals surface area contributed by atoms with E-state index in [9.17, 15) is 0 Å². The van der Waals surface area contributed by atoms with Crippen molar-refractivity contribution in [3.63, 3.8) is 0 Å². The molecule has 0 bridgehead atoms. The highest BCUT2D eigenvalue weighted by Gasteiger charge is 2.18. The number of rotatable bonds is 3. The number of anilines is 1. The van der Waals surface area contributed by atoms with Crippen molar-refractivity contribution in [1.82, 2.24) is 5.16 Å². The van der Waals surface area contributed by atoms with Gasteiger partial charge in [0.1, 0.15) is 0 Å². The molecule has 90 valence electrons. The largest absolute Gasteiger partial charge is 0.493 e. The SMILES string of the molecule is COc1ccc(Br)c(-c2cc(N)no2)c1OC. The molecule has 0 aliphatic rings. The zero-order valence-corrected chi connectivity index (χ0v) is 10.9. The Bertz CT molecular complexity index is 540. The molecule has 1 aromatic heterocycles. The zero-order valence-electron chi connectivity index (χ0n) is 9.36. The predicted molar refractivity (Wildman–Crippen MR) is 67.2 cm³/mol. The molecular weight excluding hydrogens is 288 g/mol. The normalized spacial score (nSPS) is 10.3. The molecule has 1 heterocycles. The van der Waals surface area contributed by atoms with Gasteiger partial charge in [0.05, 0.1) is 19.8 Å². The Kier molecular flexibility index (Phi) is 3.23. The first-order valence-corrected chi connectivity index (χ1v) is 5.59. The van der Waals surface area contributed by atoms with Gasteiger partial charge in [-0.25, -0.2) is 0 Å². The van der Waals surface area contributed by atoms with E-state index in [0.29, 0.717) is 23.1 Å². The van der Waals surface area contributed by atoms with Gasteiger partial charge < -0.3 is 19.7 Å². The van der Waals surface area contributed by atoms with Crippen LogP contribution in [-0.4, -0.2) is 19.4 Å². The summed E-state index contributed by atoms with van der Waals surface area (Å²) in [7, 11) is 3.14. The molecule has 0 saturated heterocycles. The van der Waals surface area contributed by atoms with Crippen LogP contribution < -0.4 is 15.2 Å². The quantitative estimate of drug-likeness (QED) is 0.943. The fourth-order valence-corrected chi connectivity index (χ4v) is 2.05. The minimum absolute atomic E-state index is 0.316. The number of nitrogen functional groups attached to an aromatic ring is 1. The first-order valence-electron chi connectivity index (χ1n) is 4.80. The minimum atomic E-state index is 0.316. The second-order valence-corrected chi connectivity index (χ2v) is 4.13. The smallest absolute Gasteiger partial charge is 0.174 e. The lowest BCUT2D eigenvalue weighted by Crippen LogP contribution is -1.93. The van der Waals surface area contributed by atoms with Crippen molar-refractivity contribution in [2.24, 2.45) is 0 Å². The van der Waals surface area contributed by atoms with E-state index in [0.717, 1.165) is 10.0 Å². The van der Waals surface area contributed by atoms with E-state index in [1.54, 1.807) is 26.4 Å². The van der Waals surface area contributed by atoms with Crippen molar-refractivity contribution in [3.05, 3.63) is 22.7 Å². The first-order chi connectivity index (χ1) is 8.17. The molecule has 5 nitrogen and oxygen atoms in total. The van der Waals surface area contributed by atoms with Crippen LogP contribution in [0.2, 0.25) is 0 Å². The average Bonchev–Trinajstić information content (AvgIpc) is 2.74. The first kappa shape index (κ1) is 11.8. The molecule has 0 atom stereocenters. The molecule has 0 saturated carbocycles. The molecule has 0 aliphatic heterocycles. The molecule has 0 radical (unpaired) electrons.